The molecule has 1 saturated heterocycles. The summed E-state index contributed by atoms with van der Waals surface area (Å²) in [6, 6.07) is 18.2. The lowest BCUT2D eigenvalue weighted by Crippen LogP contribution is -2.54. The number of hydrogen-bond donors (Lipinski definition) is 6. The van der Waals surface area contributed by atoms with Gasteiger partial charge in [0.1, 0.15) is 6.04 Å². The Morgan fingerprint density at radius 2 is 1.38 bits per heavy atom. The van der Waals surface area contributed by atoms with E-state index in [2.05, 4.69) is 25.9 Å². The van der Waals surface area contributed by atoms with Crippen LogP contribution in [0.5, 0.6) is 0 Å². The molecule has 3 amide bonds. The highest BCUT2D eigenvalue weighted by Gasteiger charge is 2.26. The maximum Gasteiger partial charge on any atom is 0.314 e. The average Bonchev–Trinajstić information content (AvgIpc) is 3.01. The molecule has 1 aliphatic rings. The topological polar surface area (TPSA) is 182 Å². The van der Waals surface area contributed by atoms with Crippen LogP contribution in [-0.4, -0.2) is 71.4 Å². The highest BCUT2D eigenvalue weighted by Crippen LogP contribution is 2.23. The van der Waals surface area contributed by atoms with Gasteiger partial charge in [0.2, 0.25) is 5.91 Å². The number of fused-ring (bicyclic) bond motifs is 1. The van der Waals surface area contributed by atoms with Crippen LogP contribution in [0.25, 0.3) is 22.2 Å². The predicted molar refractivity (Wildman–Crippen MR) is 159 cm³/mol. The summed E-state index contributed by atoms with van der Waals surface area (Å²) in [5, 5.41) is 8.86. The molecule has 12 nitrogen and oxygen atoms in total. The van der Waals surface area contributed by atoms with Crippen LogP contribution in [0, 0.1) is 0 Å². The molecule has 42 heavy (non-hydrogen) atoms. The van der Waals surface area contributed by atoms with Gasteiger partial charge in [-0.05, 0) is 66.6 Å². The molecule has 0 radical (unpaired) electrons. The summed E-state index contributed by atoms with van der Waals surface area (Å²) in [7, 11) is 0. The minimum Gasteiger partial charge on any atom is -0.340 e. The standard InChI is InChI=1S/C30H31N7O5/c31-12-11-24(30(42)37-15-13-32-14-16-37)35-26(38)20-3-1-18(2-4-20)19-5-8-22(9-6-19)33-27(39)21-7-10-23-25(17-21)36-29(41)28(40)34-23/h1-10,17,24,32H,11-16,31H2,(H,33,39)(H,34,40)(H,35,38)(H,36,41)/t24-/m1/s1. The molecular weight excluding hydrogens is 538 g/mol. The van der Waals surface area contributed by atoms with Crippen LogP contribution in [0.3, 0.4) is 0 Å². The number of nitrogens with zero attached hydrogens (tertiary/aromatic N) is 1. The minimum absolute atomic E-state index is 0.119. The predicted octanol–water partition coefficient (Wildman–Crippen LogP) is 1.01. The quantitative estimate of drug-likeness (QED) is 0.171. The molecule has 4 aromatic rings. The fourth-order valence-corrected chi connectivity index (χ4v) is 4.79. The first-order chi connectivity index (χ1) is 20.3. The van der Waals surface area contributed by atoms with Gasteiger partial charge in [-0.3, -0.25) is 24.0 Å². The number of amides is 3. The normalized spacial score (nSPS) is 13.9. The zero-order valence-electron chi connectivity index (χ0n) is 22.7. The zero-order chi connectivity index (χ0) is 29.6. The van der Waals surface area contributed by atoms with E-state index in [9.17, 15) is 24.0 Å². The fourth-order valence-electron chi connectivity index (χ4n) is 4.79. The van der Waals surface area contributed by atoms with E-state index in [1.165, 1.54) is 6.07 Å². The Labute approximate surface area is 240 Å². The first-order valence-corrected chi connectivity index (χ1v) is 13.6. The smallest absolute Gasteiger partial charge is 0.314 e. The number of H-pyrrole nitrogens is 2. The second kappa shape index (κ2) is 12.6. The molecule has 0 unspecified atom stereocenters. The van der Waals surface area contributed by atoms with E-state index in [-0.39, 0.29) is 24.3 Å². The Bertz CT molecular complexity index is 1720. The number of nitrogens with one attached hydrogen (secondary N) is 5. The molecular formula is C30H31N7O5. The molecule has 0 spiro atoms. The molecule has 0 saturated carbocycles. The van der Waals surface area contributed by atoms with E-state index in [0.29, 0.717) is 47.4 Å². The van der Waals surface area contributed by atoms with E-state index in [4.69, 9.17) is 5.73 Å². The largest absolute Gasteiger partial charge is 0.340 e. The van der Waals surface area contributed by atoms with Crippen LogP contribution in [0.2, 0.25) is 0 Å². The number of aromatic nitrogens is 2. The Balaban J connectivity index is 1.22. The van der Waals surface area contributed by atoms with Crippen molar-refractivity contribution in [1.82, 2.24) is 25.5 Å². The van der Waals surface area contributed by atoms with Gasteiger partial charge in [0.05, 0.1) is 11.0 Å². The Kier molecular flexibility index (Phi) is 8.55. The fraction of sp³-hybridized carbons (Fsp3) is 0.233. The summed E-state index contributed by atoms with van der Waals surface area (Å²) >= 11 is 0. The molecule has 1 aromatic heterocycles. The molecule has 12 heteroatoms. The zero-order valence-corrected chi connectivity index (χ0v) is 22.7. The second-order valence-corrected chi connectivity index (χ2v) is 9.96. The number of aromatic amines is 2. The Morgan fingerprint density at radius 1 is 0.786 bits per heavy atom. The maximum absolute atomic E-state index is 12.9. The Morgan fingerprint density at radius 3 is 2.02 bits per heavy atom. The number of anilines is 1. The SMILES string of the molecule is NCC[C@@H](NC(=O)c1ccc(-c2ccc(NC(=O)c3ccc4[nH]c(=O)c(=O)[nH]c4c3)cc2)cc1)C(=O)N1CCNCC1. The van der Waals surface area contributed by atoms with Crippen LogP contribution < -0.4 is 32.8 Å². The average molecular weight is 570 g/mol. The molecule has 1 aliphatic heterocycles. The lowest BCUT2D eigenvalue weighted by molar-refractivity contribution is -0.133. The second-order valence-electron chi connectivity index (χ2n) is 9.96. The van der Waals surface area contributed by atoms with Gasteiger partial charge in [-0.25, -0.2) is 0 Å². The molecule has 5 rings (SSSR count). The van der Waals surface area contributed by atoms with E-state index in [1.807, 2.05) is 24.3 Å². The van der Waals surface area contributed by atoms with Crippen molar-refractivity contribution in [2.24, 2.45) is 5.73 Å². The van der Waals surface area contributed by atoms with Crippen LogP contribution in [0.1, 0.15) is 27.1 Å². The first-order valence-electron chi connectivity index (χ1n) is 13.6. The van der Waals surface area contributed by atoms with E-state index in [1.54, 1.807) is 41.3 Å². The number of piperazine rings is 1. The molecule has 2 heterocycles. The van der Waals surface area contributed by atoms with E-state index >= 15 is 0 Å². The van der Waals surface area contributed by atoms with Crippen molar-refractivity contribution in [2.45, 2.75) is 12.5 Å². The van der Waals surface area contributed by atoms with Gasteiger partial charge in [-0.1, -0.05) is 24.3 Å². The van der Waals surface area contributed by atoms with Crippen molar-refractivity contribution in [1.29, 1.82) is 0 Å². The van der Waals surface area contributed by atoms with Gasteiger partial charge in [0, 0.05) is 43.0 Å². The summed E-state index contributed by atoms with van der Waals surface area (Å²) in [6.45, 7) is 2.93. The minimum atomic E-state index is -0.791. The van der Waals surface area contributed by atoms with Crippen molar-refractivity contribution in [3.8, 4) is 11.1 Å². The summed E-state index contributed by atoms with van der Waals surface area (Å²) in [4.78, 5) is 68.4. The highest BCUT2D eigenvalue weighted by atomic mass is 16.2. The highest BCUT2D eigenvalue weighted by molar-refractivity contribution is 6.06. The summed E-state index contributed by atoms with van der Waals surface area (Å²) in [5.74, 6) is -0.841. The van der Waals surface area contributed by atoms with Crippen molar-refractivity contribution < 1.29 is 14.4 Å². The molecule has 216 valence electrons. The summed E-state index contributed by atoms with van der Waals surface area (Å²) < 4.78 is 0. The monoisotopic (exact) mass is 569 g/mol. The molecule has 1 atom stereocenters. The molecule has 0 aliphatic carbocycles. The number of nitrogens with two attached hydrogens (primary N) is 1. The van der Waals surface area contributed by atoms with Crippen molar-refractivity contribution in [3.63, 3.8) is 0 Å². The van der Waals surface area contributed by atoms with Crippen LogP contribution in [-0.2, 0) is 4.79 Å². The van der Waals surface area contributed by atoms with E-state index in [0.717, 1.165) is 24.2 Å². The first kappa shape index (κ1) is 28.5. The lowest BCUT2D eigenvalue weighted by Gasteiger charge is -2.31. The molecule has 3 aromatic carbocycles. The van der Waals surface area contributed by atoms with Gasteiger partial charge < -0.3 is 36.6 Å². The molecule has 0 bridgehead atoms. The van der Waals surface area contributed by atoms with Gasteiger partial charge in [-0.15, -0.1) is 0 Å². The van der Waals surface area contributed by atoms with Crippen LogP contribution in [0.4, 0.5) is 5.69 Å². The van der Waals surface area contributed by atoms with Crippen molar-refractivity contribution in [2.75, 3.05) is 38.0 Å². The summed E-state index contributed by atoms with van der Waals surface area (Å²) in [5.41, 5.74) is 7.98. The summed E-state index contributed by atoms with van der Waals surface area (Å²) in [6.07, 6.45) is 0.358. The van der Waals surface area contributed by atoms with Gasteiger partial charge in [0.15, 0.2) is 0 Å². The van der Waals surface area contributed by atoms with Crippen molar-refractivity contribution in [3.05, 3.63) is 98.6 Å². The lowest BCUT2D eigenvalue weighted by atomic mass is 10.0. The van der Waals surface area contributed by atoms with Crippen LogP contribution in [0.15, 0.2) is 76.3 Å². The third-order valence-corrected chi connectivity index (χ3v) is 7.10. The van der Waals surface area contributed by atoms with Gasteiger partial charge in [0.25, 0.3) is 11.8 Å². The maximum atomic E-state index is 12.9. The number of benzene rings is 3. The molecule has 7 N–H and O–H groups in total. The molecule has 1 fully saturated rings. The van der Waals surface area contributed by atoms with E-state index < -0.39 is 17.2 Å². The third kappa shape index (κ3) is 6.45. The number of carbonyl (C=O) groups is 3. The van der Waals surface area contributed by atoms with Crippen molar-refractivity contribution >= 4 is 34.4 Å². The number of rotatable bonds is 8. The Hall–Kier alpha value is -5.07. The van der Waals surface area contributed by atoms with Gasteiger partial charge in [-0.2, -0.15) is 0 Å². The third-order valence-electron chi connectivity index (χ3n) is 7.10. The number of hydrogen-bond acceptors (Lipinski definition) is 7. The van der Waals surface area contributed by atoms with Gasteiger partial charge >= 0.3 is 11.1 Å². The van der Waals surface area contributed by atoms with Crippen LogP contribution >= 0.6 is 0 Å². The number of carbonyl (C=O) groups excluding carboxylic acids is 3.